The minimum absolute atomic E-state index is 0.391. The summed E-state index contributed by atoms with van der Waals surface area (Å²) in [5.41, 5.74) is 1.52. The zero-order valence-electron chi connectivity index (χ0n) is 13.9. The fourth-order valence-corrected chi connectivity index (χ4v) is 1.94. The molecule has 2 N–H and O–H groups in total. The van der Waals surface area contributed by atoms with Gasteiger partial charge in [-0.3, -0.25) is 9.59 Å². The molecule has 0 atom stereocenters. The Hall–Kier alpha value is -3.13. The number of nitrogens with zero attached hydrogens (tertiary/aromatic N) is 1. The van der Waals surface area contributed by atoms with E-state index in [1.54, 1.807) is 50.2 Å². The second-order valence-corrected chi connectivity index (χ2v) is 6.09. The summed E-state index contributed by atoms with van der Waals surface area (Å²) in [5.74, 6) is -0.811. The summed E-state index contributed by atoms with van der Waals surface area (Å²) in [6.45, 7) is 5.09. The number of rotatable bonds is 4. The van der Waals surface area contributed by atoms with Crippen molar-refractivity contribution >= 4 is 23.2 Å². The quantitative estimate of drug-likeness (QED) is 0.846. The number of hydrogen-bond acceptors (Lipinski definition) is 3. The van der Waals surface area contributed by atoms with Crippen LogP contribution in [0.1, 0.15) is 25.0 Å². The summed E-state index contributed by atoms with van der Waals surface area (Å²) in [6, 6.07) is 15.8. The van der Waals surface area contributed by atoms with Gasteiger partial charge in [0, 0.05) is 11.4 Å². The number of carbonyl (C=O) groups excluding carboxylic acids is 2. The molecule has 5 heteroatoms. The van der Waals surface area contributed by atoms with E-state index in [0.717, 1.165) is 5.56 Å². The fourth-order valence-electron chi connectivity index (χ4n) is 1.94. The molecule has 0 radical (unpaired) electrons. The molecule has 24 heavy (non-hydrogen) atoms. The van der Waals surface area contributed by atoms with E-state index >= 15 is 0 Å². The number of nitriles is 1. The van der Waals surface area contributed by atoms with Crippen molar-refractivity contribution in [1.82, 2.24) is 0 Å². The first kappa shape index (κ1) is 17.2. The van der Waals surface area contributed by atoms with Crippen LogP contribution in [0, 0.1) is 23.7 Å². The Bertz CT molecular complexity index is 785. The van der Waals surface area contributed by atoms with Gasteiger partial charge in [0.2, 0.25) is 11.8 Å². The molecule has 0 aliphatic heterocycles. The van der Waals surface area contributed by atoms with E-state index in [0.29, 0.717) is 16.9 Å². The number of amides is 2. The van der Waals surface area contributed by atoms with Crippen molar-refractivity contribution in [2.45, 2.75) is 20.8 Å². The third kappa shape index (κ3) is 3.99. The maximum absolute atomic E-state index is 12.4. The van der Waals surface area contributed by atoms with Crippen LogP contribution < -0.4 is 10.6 Å². The molecule has 0 aliphatic rings. The largest absolute Gasteiger partial charge is 0.325 e. The number of hydrogen-bond donors (Lipinski definition) is 2. The lowest BCUT2D eigenvalue weighted by atomic mass is 9.90. The van der Waals surface area contributed by atoms with Crippen LogP contribution in [-0.2, 0) is 9.59 Å². The van der Waals surface area contributed by atoms with Gasteiger partial charge in [-0.25, -0.2) is 0 Å². The van der Waals surface area contributed by atoms with Gasteiger partial charge in [0.15, 0.2) is 0 Å². The molecule has 0 spiro atoms. The smallest absolute Gasteiger partial charge is 0.239 e. The molecule has 2 aromatic carbocycles. The van der Waals surface area contributed by atoms with Crippen molar-refractivity contribution in [2.75, 3.05) is 10.6 Å². The van der Waals surface area contributed by atoms with E-state index in [1.807, 2.05) is 25.1 Å². The van der Waals surface area contributed by atoms with Crippen LogP contribution in [0.25, 0.3) is 0 Å². The maximum Gasteiger partial charge on any atom is 0.239 e. The first-order valence-electron chi connectivity index (χ1n) is 7.52. The monoisotopic (exact) mass is 321 g/mol. The van der Waals surface area contributed by atoms with Gasteiger partial charge < -0.3 is 10.6 Å². The van der Waals surface area contributed by atoms with Crippen LogP contribution in [0.4, 0.5) is 11.4 Å². The Balaban J connectivity index is 2.06. The van der Waals surface area contributed by atoms with Crippen LogP contribution in [0.5, 0.6) is 0 Å². The van der Waals surface area contributed by atoms with Crippen LogP contribution in [-0.4, -0.2) is 11.8 Å². The van der Waals surface area contributed by atoms with Crippen molar-refractivity contribution in [3.8, 4) is 6.07 Å². The van der Waals surface area contributed by atoms with Gasteiger partial charge in [0.25, 0.3) is 0 Å². The summed E-state index contributed by atoms with van der Waals surface area (Å²) in [5, 5.41) is 14.2. The van der Waals surface area contributed by atoms with Gasteiger partial charge in [0.05, 0.1) is 11.6 Å². The van der Waals surface area contributed by atoms with E-state index in [9.17, 15) is 9.59 Å². The average molecular weight is 321 g/mol. The van der Waals surface area contributed by atoms with Gasteiger partial charge in [-0.2, -0.15) is 5.26 Å². The van der Waals surface area contributed by atoms with Crippen LogP contribution in [0.15, 0.2) is 48.5 Å². The van der Waals surface area contributed by atoms with Gasteiger partial charge in [0.1, 0.15) is 5.41 Å². The molecule has 5 nitrogen and oxygen atoms in total. The standard InChI is InChI=1S/C19H19N3O2/c1-13-4-8-15(9-5-13)21-17(23)19(2,3)18(24)22-16-10-6-14(12-20)7-11-16/h4-11H,1-3H3,(H,21,23)(H,22,24). The third-order valence-corrected chi connectivity index (χ3v) is 3.72. The topological polar surface area (TPSA) is 82.0 Å². The lowest BCUT2D eigenvalue weighted by molar-refractivity contribution is -0.135. The van der Waals surface area contributed by atoms with Crippen molar-refractivity contribution < 1.29 is 9.59 Å². The summed E-state index contributed by atoms with van der Waals surface area (Å²) >= 11 is 0. The molecule has 2 aromatic rings. The van der Waals surface area contributed by atoms with Crippen LogP contribution in [0.2, 0.25) is 0 Å². The molecule has 0 aromatic heterocycles. The highest BCUT2D eigenvalue weighted by atomic mass is 16.2. The van der Waals surface area contributed by atoms with Crippen molar-refractivity contribution in [2.24, 2.45) is 5.41 Å². The number of anilines is 2. The number of aryl methyl sites for hydroxylation is 1. The molecule has 0 fully saturated rings. The Labute approximate surface area is 141 Å². The van der Waals surface area contributed by atoms with E-state index in [1.165, 1.54) is 0 Å². The molecule has 0 heterocycles. The molecule has 0 unspecified atom stereocenters. The second-order valence-electron chi connectivity index (χ2n) is 6.09. The zero-order valence-corrected chi connectivity index (χ0v) is 13.9. The maximum atomic E-state index is 12.4. The zero-order chi connectivity index (χ0) is 17.7. The lowest BCUT2D eigenvalue weighted by Gasteiger charge is -2.22. The molecule has 0 bridgehead atoms. The minimum Gasteiger partial charge on any atom is -0.325 e. The molecule has 2 amide bonds. The van der Waals surface area contributed by atoms with Gasteiger partial charge in [-0.15, -0.1) is 0 Å². The van der Waals surface area contributed by atoms with Crippen molar-refractivity contribution in [3.05, 3.63) is 59.7 Å². The summed E-state index contributed by atoms with van der Waals surface area (Å²) in [6.07, 6.45) is 0. The number of carbonyl (C=O) groups is 2. The highest BCUT2D eigenvalue weighted by Gasteiger charge is 2.36. The van der Waals surface area contributed by atoms with Crippen molar-refractivity contribution in [1.29, 1.82) is 5.26 Å². The van der Waals surface area contributed by atoms with Crippen LogP contribution in [0.3, 0.4) is 0 Å². The van der Waals surface area contributed by atoms with Gasteiger partial charge in [-0.1, -0.05) is 17.7 Å². The molecule has 0 saturated heterocycles. The minimum atomic E-state index is -1.25. The SMILES string of the molecule is Cc1ccc(NC(=O)C(C)(C)C(=O)Nc2ccc(C#N)cc2)cc1. The summed E-state index contributed by atoms with van der Waals surface area (Å²) in [4.78, 5) is 24.9. The number of nitrogens with one attached hydrogen (secondary N) is 2. The average Bonchev–Trinajstić information content (AvgIpc) is 2.57. The first-order valence-corrected chi connectivity index (χ1v) is 7.52. The van der Waals surface area contributed by atoms with Gasteiger partial charge in [-0.05, 0) is 57.2 Å². The summed E-state index contributed by atoms with van der Waals surface area (Å²) in [7, 11) is 0. The molecule has 122 valence electrons. The lowest BCUT2D eigenvalue weighted by Crippen LogP contribution is -2.41. The molecular weight excluding hydrogens is 302 g/mol. The Morgan fingerprint density at radius 2 is 1.29 bits per heavy atom. The van der Waals surface area contributed by atoms with E-state index in [-0.39, 0.29) is 0 Å². The Kier molecular flexibility index (Phi) is 5.00. The normalized spacial score (nSPS) is 10.6. The second kappa shape index (κ2) is 6.97. The van der Waals surface area contributed by atoms with Crippen LogP contribution >= 0.6 is 0 Å². The number of benzene rings is 2. The molecular formula is C19H19N3O2. The molecule has 0 aliphatic carbocycles. The first-order chi connectivity index (χ1) is 11.3. The van der Waals surface area contributed by atoms with Gasteiger partial charge >= 0.3 is 0 Å². The van der Waals surface area contributed by atoms with E-state index in [2.05, 4.69) is 10.6 Å². The summed E-state index contributed by atoms with van der Waals surface area (Å²) < 4.78 is 0. The highest BCUT2D eigenvalue weighted by molar-refractivity contribution is 6.13. The third-order valence-electron chi connectivity index (χ3n) is 3.72. The van der Waals surface area contributed by atoms with E-state index < -0.39 is 17.2 Å². The fraction of sp³-hybridized carbons (Fsp3) is 0.211. The van der Waals surface area contributed by atoms with E-state index in [4.69, 9.17) is 5.26 Å². The molecule has 2 rings (SSSR count). The van der Waals surface area contributed by atoms with Crippen molar-refractivity contribution in [3.63, 3.8) is 0 Å². The Morgan fingerprint density at radius 3 is 1.71 bits per heavy atom. The highest BCUT2D eigenvalue weighted by Crippen LogP contribution is 2.22. The molecule has 0 saturated carbocycles. The predicted molar refractivity (Wildman–Crippen MR) is 93.4 cm³/mol. The predicted octanol–water partition coefficient (Wildman–Crippen LogP) is 3.47. The Morgan fingerprint density at radius 1 is 0.875 bits per heavy atom.